The minimum absolute atomic E-state index is 0.0102. The Morgan fingerprint density at radius 3 is 2.68 bits per heavy atom. The fourth-order valence-electron chi connectivity index (χ4n) is 2.30. The van der Waals surface area contributed by atoms with Crippen LogP contribution in [0.2, 0.25) is 5.02 Å². The number of carboxylic acids is 1. The summed E-state index contributed by atoms with van der Waals surface area (Å²) in [7, 11) is -1.32. The molecule has 19 heavy (non-hydrogen) atoms. The van der Waals surface area contributed by atoms with Gasteiger partial charge in [-0.25, -0.2) is 13.2 Å². The molecule has 1 unspecified atom stereocenters. The number of benzene rings is 1. The highest BCUT2D eigenvalue weighted by atomic mass is 35.5. The van der Waals surface area contributed by atoms with Crippen LogP contribution in [0.25, 0.3) is 0 Å². The number of carboxylic acid groups (broad SMARTS) is 1. The number of nitrogens with zero attached hydrogens (tertiary/aromatic N) is 1. The number of rotatable bonds is 3. The van der Waals surface area contributed by atoms with Gasteiger partial charge in [-0.1, -0.05) is 17.7 Å². The first-order valence-electron chi connectivity index (χ1n) is 5.77. The van der Waals surface area contributed by atoms with E-state index in [0.29, 0.717) is 12.1 Å². The molecule has 0 aromatic heterocycles. The minimum Gasteiger partial charge on any atom is -0.478 e. The van der Waals surface area contributed by atoms with Gasteiger partial charge >= 0.3 is 5.97 Å². The first kappa shape index (κ1) is 14.1. The molecule has 0 aliphatic carbocycles. The SMILES string of the molecule is CN(c1cccc(Cl)c1C(=O)O)C1CCS(=O)(=O)C1. The van der Waals surface area contributed by atoms with E-state index in [0.717, 1.165) is 0 Å². The number of hydrogen-bond acceptors (Lipinski definition) is 4. The second-order valence-electron chi connectivity index (χ2n) is 4.61. The van der Waals surface area contributed by atoms with Crippen molar-refractivity contribution in [1.82, 2.24) is 0 Å². The normalized spacial score (nSPS) is 21.3. The first-order chi connectivity index (χ1) is 8.82. The molecular weight excluding hydrogens is 290 g/mol. The molecule has 1 aromatic rings. The van der Waals surface area contributed by atoms with Crippen LogP contribution in [0.3, 0.4) is 0 Å². The third kappa shape index (κ3) is 2.84. The smallest absolute Gasteiger partial charge is 0.339 e. The Morgan fingerprint density at radius 2 is 2.16 bits per heavy atom. The lowest BCUT2D eigenvalue weighted by Crippen LogP contribution is -2.33. The van der Waals surface area contributed by atoms with Crippen LogP contribution in [0.5, 0.6) is 0 Å². The molecule has 0 radical (unpaired) electrons. The van der Waals surface area contributed by atoms with Crippen molar-refractivity contribution in [2.75, 3.05) is 23.5 Å². The molecule has 1 N–H and O–H groups in total. The van der Waals surface area contributed by atoms with Gasteiger partial charge in [0.1, 0.15) is 5.56 Å². The molecule has 0 bridgehead atoms. The fraction of sp³-hybridized carbons (Fsp3) is 0.417. The van der Waals surface area contributed by atoms with Crippen LogP contribution in [0.4, 0.5) is 5.69 Å². The molecule has 0 spiro atoms. The third-order valence-electron chi connectivity index (χ3n) is 3.34. The van der Waals surface area contributed by atoms with Crippen LogP contribution in [0.15, 0.2) is 18.2 Å². The summed E-state index contributed by atoms with van der Waals surface area (Å²) in [5.41, 5.74) is 0.457. The van der Waals surface area contributed by atoms with E-state index < -0.39 is 15.8 Å². The van der Waals surface area contributed by atoms with Gasteiger partial charge in [-0.2, -0.15) is 0 Å². The summed E-state index contributed by atoms with van der Waals surface area (Å²) < 4.78 is 23.0. The monoisotopic (exact) mass is 303 g/mol. The number of anilines is 1. The molecule has 1 atom stereocenters. The summed E-state index contributed by atoms with van der Waals surface area (Å²) in [5, 5.41) is 9.36. The number of carbonyl (C=O) groups is 1. The molecule has 0 amide bonds. The minimum atomic E-state index is -3.01. The zero-order valence-electron chi connectivity index (χ0n) is 10.3. The lowest BCUT2D eigenvalue weighted by atomic mass is 10.1. The number of sulfone groups is 1. The van der Waals surface area contributed by atoms with Gasteiger partial charge in [0.15, 0.2) is 9.84 Å². The lowest BCUT2D eigenvalue weighted by Gasteiger charge is -2.27. The van der Waals surface area contributed by atoms with Crippen LogP contribution >= 0.6 is 11.6 Å². The average Bonchev–Trinajstić information content (AvgIpc) is 2.68. The highest BCUT2D eigenvalue weighted by Crippen LogP contribution is 2.30. The zero-order chi connectivity index (χ0) is 14.2. The molecule has 1 saturated heterocycles. The summed E-state index contributed by atoms with van der Waals surface area (Å²) >= 11 is 5.91. The summed E-state index contributed by atoms with van der Waals surface area (Å²) in [4.78, 5) is 13.0. The predicted octanol–water partition coefficient (Wildman–Crippen LogP) is 1.66. The van der Waals surface area contributed by atoms with Gasteiger partial charge in [0.2, 0.25) is 0 Å². The van der Waals surface area contributed by atoms with Crippen LogP contribution in [0.1, 0.15) is 16.8 Å². The molecule has 7 heteroatoms. The molecule has 1 fully saturated rings. The average molecular weight is 304 g/mol. The molecule has 1 heterocycles. The maximum atomic E-state index is 11.5. The van der Waals surface area contributed by atoms with E-state index in [1.54, 1.807) is 24.1 Å². The van der Waals surface area contributed by atoms with Crippen LogP contribution in [-0.4, -0.2) is 44.1 Å². The molecule has 104 valence electrons. The van der Waals surface area contributed by atoms with E-state index in [1.165, 1.54) is 6.07 Å². The predicted molar refractivity (Wildman–Crippen MR) is 73.9 cm³/mol. The Kier molecular flexibility index (Phi) is 3.73. The number of hydrogen-bond donors (Lipinski definition) is 1. The molecule has 0 saturated carbocycles. The highest BCUT2D eigenvalue weighted by Gasteiger charge is 2.32. The van der Waals surface area contributed by atoms with Crippen molar-refractivity contribution in [3.63, 3.8) is 0 Å². The summed E-state index contributed by atoms with van der Waals surface area (Å²) in [5.74, 6) is -0.923. The molecule has 1 aliphatic rings. The van der Waals surface area contributed by atoms with Gasteiger partial charge in [0, 0.05) is 13.1 Å². The third-order valence-corrected chi connectivity index (χ3v) is 5.41. The van der Waals surface area contributed by atoms with Crippen molar-refractivity contribution in [2.45, 2.75) is 12.5 Å². The van der Waals surface area contributed by atoms with Gasteiger partial charge in [0.25, 0.3) is 0 Å². The largest absolute Gasteiger partial charge is 0.478 e. The highest BCUT2D eigenvalue weighted by molar-refractivity contribution is 7.91. The van der Waals surface area contributed by atoms with Gasteiger partial charge in [0.05, 0.1) is 22.2 Å². The maximum Gasteiger partial charge on any atom is 0.339 e. The van der Waals surface area contributed by atoms with Crippen molar-refractivity contribution in [1.29, 1.82) is 0 Å². The number of aromatic carboxylic acids is 1. The Labute approximate surface area is 116 Å². The summed E-state index contributed by atoms with van der Waals surface area (Å²) in [6.07, 6.45) is 0.504. The lowest BCUT2D eigenvalue weighted by molar-refractivity contribution is 0.0697. The standard InChI is InChI=1S/C12H14ClNO4S/c1-14(8-5-6-19(17,18)7-8)10-4-2-3-9(13)11(10)12(15)16/h2-4,8H,5-7H2,1H3,(H,15,16). The van der Waals surface area contributed by atoms with Crippen LogP contribution < -0.4 is 4.90 Å². The Hall–Kier alpha value is -1.27. The topological polar surface area (TPSA) is 74.7 Å². The maximum absolute atomic E-state index is 11.5. The van der Waals surface area contributed by atoms with E-state index in [-0.39, 0.29) is 28.1 Å². The Balaban J connectivity index is 2.37. The van der Waals surface area contributed by atoms with Gasteiger partial charge in [-0.15, -0.1) is 0 Å². The second kappa shape index (κ2) is 5.02. The summed E-state index contributed by atoms with van der Waals surface area (Å²) in [6, 6.07) is 4.60. The van der Waals surface area contributed by atoms with Crippen molar-refractivity contribution in [3.8, 4) is 0 Å². The van der Waals surface area contributed by atoms with Gasteiger partial charge in [-0.3, -0.25) is 0 Å². The quantitative estimate of drug-likeness (QED) is 0.919. The van der Waals surface area contributed by atoms with Crippen molar-refractivity contribution < 1.29 is 18.3 Å². The van der Waals surface area contributed by atoms with Crippen molar-refractivity contribution in [2.24, 2.45) is 0 Å². The molecule has 2 rings (SSSR count). The molecular formula is C12H14ClNO4S. The van der Waals surface area contributed by atoms with E-state index in [4.69, 9.17) is 11.6 Å². The van der Waals surface area contributed by atoms with Gasteiger partial charge in [-0.05, 0) is 18.6 Å². The summed E-state index contributed by atoms with van der Waals surface area (Å²) in [6.45, 7) is 0. The fourth-order valence-corrected chi connectivity index (χ4v) is 4.32. The van der Waals surface area contributed by atoms with Crippen LogP contribution in [0, 0.1) is 0 Å². The second-order valence-corrected chi connectivity index (χ2v) is 7.24. The van der Waals surface area contributed by atoms with E-state index in [9.17, 15) is 18.3 Å². The Morgan fingerprint density at radius 1 is 1.47 bits per heavy atom. The van der Waals surface area contributed by atoms with Gasteiger partial charge < -0.3 is 10.0 Å². The van der Waals surface area contributed by atoms with E-state index >= 15 is 0 Å². The first-order valence-corrected chi connectivity index (χ1v) is 7.97. The molecule has 1 aromatic carbocycles. The van der Waals surface area contributed by atoms with Crippen molar-refractivity contribution in [3.05, 3.63) is 28.8 Å². The molecule has 1 aliphatic heterocycles. The Bertz CT molecular complexity index is 614. The van der Waals surface area contributed by atoms with Crippen molar-refractivity contribution >= 4 is 33.1 Å². The number of halogens is 1. The van der Waals surface area contributed by atoms with E-state index in [1.807, 2.05) is 0 Å². The van der Waals surface area contributed by atoms with Crippen LogP contribution in [-0.2, 0) is 9.84 Å². The molecule has 5 nitrogen and oxygen atoms in total. The van der Waals surface area contributed by atoms with E-state index in [2.05, 4.69) is 0 Å². The zero-order valence-corrected chi connectivity index (χ0v) is 11.9.